The summed E-state index contributed by atoms with van der Waals surface area (Å²) in [6.45, 7) is 0.596. The van der Waals surface area contributed by atoms with Gasteiger partial charge in [-0.05, 0) is 23.1 Å². The van der Waals surface area contributed by atoms with Crippen LogP contribution in [0.15, 0.2) is 35.7 Å². The highest BCUT2D eigenvalue weighted by Crippen LogP contribution is 2.32. The zero-order valence-electron chi connectivity index (χ0n) is 10.0. The lowest BCUT2D eigenvalue weighted by Gasteiger charge is -2.10. The first-order chi connectivity index (χ1) is 9.29. The Kier molecular flexibility index (Phi) is 2.94. The fraction of sp³-hybridized carbons (Fsp3) is 0.143. The van der Waals surface area contributed by atoms with Crippen LogP contribution in [0.5, 0.6) is 0 Å². The van der Waals surface area contributed by atoms with Crippen molar-refractivity contribution in [3.63, 3.8) is 0 Å². The molecule has 1 aromatic carbocycles. The standard InChI is InChI=1S/C14H11N3OS/c15-7-9-5-6-19-14(9)17-13(18)11-8-16-12-4-2-1-3-10(11)12/h1-6,11,16H,8H2,(H,17,18). The summed E-state index contributed by atoms with van der Waals surface area (Å²) in [6, 6.07) is 11.6. The molecule has 2 heterocycles. The van der Waals surface area contributed by atoms with Crippen LogP contribution in [0.25, 0.3) is 0 Å². The number of para-hydroxylation sites is 1. The van der Waals surface area contributed by atoms with Gasteiger partial charge >= 0.3 is 0 Å². The van der Waals surface area contributed by atoms with E-state index >= 15 is 0 Å². The van der Waals surface area contributed by atoms with Gasteiger partial charge in [-0.1, -0.05) is 18.2 Å². The number of carbonyl (C=O) groups is 1. The van der Waals surface area contributed by atoms with Crippen LogP contribution in [0.1, 0.15) is 17.0 Å². The fourth-order valence-electron chi connectivity index (χ4n) is 2.21. The Morgan fingerprint density at radius 3 is 3.11 bits per heavy atom. The molecule has 1 amide bonds. The van der Waals surface area contributed by atoms with E-state index in [2.05, 4.69) is 16.7 Å². The van der Waals surface area contributed by atoms with Crippen molar-refractivity contribution in [2.24, 2.45) is 0 Å². The first-order valence-corrected chi connectivity index (χ1v) is 6.79. The van der Waals surface area contributed by atoms with Gasteiger partial charge in [0.1, 0.15) is 11.1 Å². The molecule has 94 valence electrons. The molecule has 1 aliphatic heterocycles. The molecule has 0 spiro atoms. The Labute approximate surface area is 114 Å². The van der Waals surface area contributed by atoms with E-state index in [4.69, 9.17) is 5.26 Å². The van der Waals surface area contributed by atoms with Gasteiger partial charge in [-0.3, -0.25) is 4.79 Å². The van der Waals surface area contributed by atoms with Gasteiger partial charge in [-0.25, -0.2) is 0 Å². The highest BCUT2D eigenvalue weighted by molar-refractivity contribution is 7.14. The van der Waals surface area contributed by atoms with Crippen LogP contribution in [-0.2, 0) is 4.79 Å². The van der Waals surface area contributed by atoms with E-state index in [9.17, 15) is 4.79 Å². The van der Waals surface area contributed by atoms with Crippen molar-refractivity contribution in [3.8, 4) is 6.07 Å². The molecule has 0 saturated carbocycles. The second-order valence-corrected chi connectivity index (χ2v) is 5.20. The molecule has 0 aliphatic carbocycles. The van der Waals surface area contributed by atoms with Gasteiger partial charge in [0.05, 0.1) is 11.5 Å². The smallest absolute Gasteiger partial charge is 0.234 e. The number of nitrogens with one attached hydrogen (secondary N) is 2. The summed E-state index contributed by atoms with van der Waals surface area (Å²) >= 11 is 1.37. The van der Waals surface area contributed by atoms with Crippen molar-refractivity contribution < 1.29 is 4.79 Å². The first kappa shape index (κ1) is 11.8. The van der Waals surface area contributed by atoms with Crippen molar-refractivity contribution in [3.05, 3.63) is 46.8 Å². The third-order valence-electron chi connectivity index (χ3n) is 3.17. The molecule has 1 unspecified atom stereocenters. The largest absolute Gasteiger partial charge is 0.384 e. The van der Waals surface area contributed by atoms with Crippen molar-refractivity contribution >= 4 is 27.9 Å². The van der Waals surface area contributed by atoms with Crippen LogP contribution >= 0.6 is 11.3 Å². The number of amides is 1. The van der Waals surface area contributed by atoms with Crippen LogP contribution in [-0.4, -0.2) is 12.5 Å². The first-order valence-electron chi connectivity index (χ1n) is 5.91. The molecule has 19 heavy (non-hydrogen) atoms. The predicted octanol–water partition coefficient (Wildman–Crippen LogP) is 2.77. The van der Waals surface area contributed by atoms with E-state index in [-0.39, 0.29) is 11.8 Å². The SMILES string of the molecule is N#Cc1ccsc1NC(=O)C1CNc2ccccc21. The average molecular weight is 269 g/mol. The van der Waals surface area contributed by atoms with Crippen LogP contribution in [0.2, 0.25) is 0 Å². The van der Waals surface area contributed by atoms with Gasteiger partial charge < -0.3 is 10.6 Å². The number of rotatable bonds is 2. The monoisotopic (exact) mass is 269 g/mol. The summed E-state index contributed by atoms with van der Waals surface area (Å²) in [5.74, 6) is -0.277. The summed E-state index contributed by atoms with van der Waals surface area (Å²) in [7, 11) is 0. The highest BCUT2D eigenvalue weighted by atomic mass is 32.1. The molecule has 1 aliphatic rings. The highest BCUT2D eigenvalue weighted by Gasteiger charge is 2.28. The molecule has 0 fully saturated rings. The molecule has 1 atom stereocenters. The van der Waals surface area contributed by atoms with E-state index in [0.29, 0.717) is 17.1 Å². The van der Waals surface area contributed by atoms with Gasteiger partial charge in [-0.2, -0.15) is 5.26 Å². The van der Waals surface area contributed by atoms with Crippen molar-refractivity contribution in [2.75, 3.05) is 17.2 Å². The van der Waals surface area contributed by atoms with Crippen molar-refractivity contribution in [1.29, 1.82) is 5.26 Å². The molecule has 2 N–H and O–H groups in total. The van der Waals surface area contributed by atoms with Gasteiger partial charge in [-0.15, -0.1) is 11.3 Å². The van der Waals surface area contributed by atoms with Gasteiger partial charge in [0.25, 0.3) is 0 Å². The normalized spacial score (nSPS) is 16.3. The number of benzene rings is 1. The molecule has 1 aromatic heterocycles. The third-order valence-corrected chi connectivity index (χ3v) is 4.00. The van der Waals surface area contributed by atoms with Crippen LogP contribution < -0.4 is 10.6 Å². The predicted molar refractivity (Wildman–Crippen MR) is 75.3 cm³/mol. The molecular formula is C14H11N3OS. The minimum Gasteiger partial charge on any atom is -0.384 e. The third kappa shape index (κ3) is 2.07. The van der Waals surface area contributed by atoms with Crippen LogP contribution in [0.4, 0.5) is 10.7 Å². The lowest BCUT2D eigenvalue weighted by molar-refractivity contribution is -0.117. The summed E-state index contributed by atoms with van der Waals surface area (Å²) in [5, 5.41) is 17.4. The van der Waals surface area contributed by atoms with Crippen molar-refractivity contribution in [1.82, 2.24) is 0 Å². The number of carbonyl (C=O) groups excluding carboxylic acids is 1. The average Bonchev–Trinajstić information content (AvgIpc) is 3.04. The van der Waals surface area contributed by atoms with Crippen molar-refractivity contribution in [2.45, 2.75) is 5.92 Å². The van der Waals surface area contributed by atoms with E-state index < -0.39 is 0 Å². The summed E-state index contributed by atoms with van der Waals surface area (Å²) in [6.07, 6.45) is 0. The van der Waals surface area contributed by atoms with Crippen LogP contribution in [0.3, 0.4) is 0 Å². The topological polar surface area (TPSA) is 64.9 Å². The second kappa shape index (κ2) is 4.75. The number of nitriles is 1. The summed E-state index contributed by atoms with van der Waals surface area (Å²) < 4.78 is 0. The molecule has 4 nitrogen and oxygen atoms in total. The number of nitrogens with zero attached hydrogens (tertiary/aromatic N) is 1. The number of anilines is 2. The number of thiophene rings is 1. The lowest BCUT2D eigenvalue weighted by atomic mass is 10.0. The maximum Gasteiger partial charge on any atom is 0.234 e. The van der Waals surface area contributed by atoms with Gasteiger partial charge in [0, 0.05) is 12.2 Å². The maximum absolute atomic E-state index is 12.3. The molecule has 5 heteroatoms. The van der Waals surface area contributed by atoms with E-state index in [1.807, 2.05) is 24.3 Å². The lowest BCUT2D eigenvalue weighted by Crippen LogP contribution is -2.22. The molecule has 2 aromatic rings. The van der Waals surface area contributed by atoms with Gasteiger partial charge in [0.15, 0.2) is 0 Å². The Morgan fingerprint density at radius 1 is 1.42 bits per heavy atom. The zero-order chi connectivity index (χ0) is 13.2. The maximum atomic E-state index is 12.3. The molecule has 0 radical (unpaired) electrons. The minimum absolute atomic E-state index is 0.0728. The van der Waals surface area contributed by atoms with E-state index in [1.165, 1.54) is 11.3 Å². The fourth-order valence-corrected chi connectivity index (χ4v) is 2.95. The quantitative estimate of drug-likeness (QED) is 0.881. The zero-order valence-corrected chi connectivity index (χ0v) is 10.8. The Bertz CT molecular complexity index is 671. The summed E-state index contributed by atoms with van der Waals surface area (Å²) in [4.78, 5) is 12.3. The molecule has 3 rings (SSSR count). The molecule has 0 saturated heterocycles. The van der Waals surface area contributed by atoms with Crippen LogP contribution in [0, 0.1) is 11.3 Å². The number of hydrogen-bond donors (Lipinski definition) is 2. The molecule has 0 bridgehead atoms. The Morgan fingerprint density at radius 2 is 2.26 bits per heavy atom. The van der Waals surface area contributed by atoms with E-state index in [0.717, 1.165) is 11.3 Å². The minimum atomic E-state index is -0.204. The van der Waals surface area contributed by atoms with Gasteiger partial charge in [0.2, 0.25) is 5.91 Å². The summed E-state index contributed by atoms with van der Waals surface area (Å²) in [5.41, 5.74) is 2.53. The number of hydrogen-bond acceptors (Lipinski definition) is 4. The second-order valence-electron chi connectivity index (χ2n) is 4.29. The number of fused-ring (bicyclic) bond motifs is 1. The van der Waals surface area contributed by atoms with E-state index in [1.54, 1.807) is 11.4 Å². The molecular weight excluding hydrogens is 258 g/mol. The Hall–Kier alpha value is -2.32. The Balaban J connectivity index is 1.82.